The molecule has 0 saturated carbocycles. The van der Waals surface area contributed by atoms with Crippen LogP contribution in [-0.4, -0.2) is 29.2 Å². The summed E-state index contributed by atoms with van der Waals surface area (Å²) in [6, 6.07) is 4.77. The number of nitro groups is 1. The van der Waals surface area contributed by atoms with Gasteiger partial charge in [0.25, 0.3) is 11.6 Å². The van der Waals surface area contributed by atoms with Crippen LogP contribution in [0.4, 0.5) is 17.3 Å². The highest BCUT2D eigenvalue weighted by Crippen LogP contribution is 2.28. The molecule has 0 atom stereocenters. The number of hydrogen-bond acceptors (Lipinski definition) is 7. The summed E-state index contributed by atoms with van der Waals surface area (Å²) >= 11 is 3.20. The average molecular weight is 342 g/mol. The molecular formula is C11H12BrN5O3. The molecule has 8 nitrogen and oxygen atoms in total. The summed E-state index contributed by atoms with van der Waals surface area (Å²) in [4.78, 5) is 16.3. The molecule has 0 spiro atoms. The molecule has 20 heavy (non-hydrogen) atoms. The van der Waals surface area contributed by atoms with Gasteiger partial charge in [-0.05, 0) is 17.3 Å². The number of nitrogens with zero attached hydrogens (tertiary/aromatic N) is 4. The Kier molecular flexibility index (Phi) is 4.18. The van der Waals surface area contributed by atoms with E-state index in [-0.39, 0.29) is 12.2 Å². The van der Waals surface area contributed by atoms with E-state index in [0.29, 0.717) is 22.0 Å². The summed E-state index contributed by atoms with van der Waals surface area (Å²) in [5.74, 6) is 0.804. The van der Waals surface area contributed by atoms with Gasteiger partial charge in [-0.15, -0.1) is 0 Å². The van der Waals surface area contributed by atoms with Crippen molar-refractivity contribution in [2.75, 3.05) is 24.3 Å². The predicted octanol–water partition coefficient (Wildman–Crippen LogP) is 2.42. The monoisotopic (exact) mass is 341 g/mol. The van der Waals surface area contributed by atoms with Crippen LogP contribution in [-0.2, 0) is 6.54 Å². The number of nitrogens with one attached hydrogen (secondary N) is 1. The Bertz CT molecular complexity index is 628. The molecule has 106 valence electrons. The summed E-state index contributed by atoms with van der Waals surface area (Å²) in [5, 5.41) is 17.6. The number of rotatable bonds is 5. The predicted molar refractivity (Wildman–Crippen MR) is 76.7 cm³/mol. The molecule has 1 aromatic heterocycles. The molecule has 1 N–H and O–H groups in total. The molecule has 2 aromatic rings. The molecule has 0 aliphatic heterocycles. The number of anilines is 2. The van der Waals surface area contributed by atoms with Crippen LogP contribution in [0.3, 0.4) is 0 Å². The highest BCUT2D eigenvalue weighted by atomic mass is 79.9. The summed E-state index contributed by atoms with van der Waals surface area (Å²) in [7, 11) is 3.59. The van der Waals surface area contributed by atoms with Crippen molar-refractivity contribution in [3.63, 3.8) is 0 Å². The lowest BCUT2D eigenvalue weighted by molar-refractivity contribution is -0.384. The third-order valence-corrected chi connectivity index (χ3v) is 2.94. The minimum atomic E-state index is -0.452. The van der Waals surface area contributed by atoms with Crippen LogP contribution >= 0.6 is 15.9 Å². The lowest BCUT2D eigenvalue weighted by atomic mass is 10.2. The van der Waals surface area contributed by atoms with Gasteiger partial charge in [-0.25, -0.2) is 0 Å². The Morgan fingerprint density at radius 1 is 1.50 bits per heavy atom. The lowest BCUT2D eigenvalue weighted by Crippen LogP contribution is -2.10. The molecule has 0 aliphatic rings. The van der Waals surface area contributed by atoms with E-state index in [0.717, 1.165) is 0 Å². The minimum Gasteiger partial charge on any atom is -0.371 e. The molecule has 0 aliphatic carbocycles. The molecular weight excluding hydrogens is 330 g/mol. The first-order valence-corrected chi connectivity index (χ1v) is 6.44. The van der Waals surface area contributed by atoms with Crippen molar-refractivity contribution in [2.45, 2.75) is 6.54 Å². The second-order valence-corrected chi connectivity index (χ2v) is 5.07. The Morgan fingerprint density at radius 2 is 2.25 bits per heavy atom. The lowest BCUT2D eigenvalue weighted by Gasteiger charge is -2.05. The molecule has 2 rings (SSSR count). The van der Waals surface area contributed by atoms with Crippen LogP contribution in [0.1, 0.15) is 5.89 Å². The standard InChI is InChI=1S/C11H12BrN5O3/c1-16(2)11-14-10(20-15-11)6-13-8-4-3-7(12)5-9(8)17(18)19/h3-5,13H,6H2,1-2H3. The van der Waals surface area contributed by atoms with E-state index in [1.807, 2.05) is 0 Å². The van der Waals surface area contributed by atoms with E-state index < -0.39 is 4.92 Å². The van der Waals surface area contributed by atoms with Gasteiger partial charge in [0, 0.05) is 24.6 Å². The first-order valence-electron chi connectivity index (χ1n) is 5.65. The van der Waals surface area contributed by atoms with E-state index in [2.05, 4.69) is 31.4 Å². The van der Waals surface area contributed by atoms with Gasteiger partial charge in [0.1, 0.15) is 5.69 Å². The van der Waals surface area contributed by atoms with Crippen molar-refractivity contribution in [2.24, 2.45) is 0 Å². The number of hydrogen-bond donors (Lipinski definition) is 1. The molecule has 0 amide bonds. The number of benzene rings is 1. The van der Waals surface area contributed by atoms with Crippen molar-refractivity contribution in [3.8, 4) is 0 Å². The average Bonchev–Trinajstić information content (AvgIpc) is 2.86. The highest BCUT2D eigenvalue weighted by molar-refractivity contribution is 9.10. The summed E-state index contributed by atoms with van der Waals surface area (Å²) in [6.45, 7) is 0.212. The fourth-order valence-corrected chi connectivity index (χ4v) is 1.82. The molecule has 0 radical (unpaired) electrons. The summed E-state index contributed by atoms with van der Waals surface area (Å²) < 4.78 is 5.67. The zero-order chi connectivity index (χ0) is 14.7. The quantitative estimate of drug-likeness (QED) is 0.658. The second kappa shape index (κ2) is 5.87. The van der Waals surface area contributed by atoms with Gasteiger partial charge in [-0.3, -0.25) is 10.1 Å². The van der Waals surface area contributed by atoms with E-state index in [1.165, 1.54) is 6.07 Å². The molecule has 0 saturated heterocycles. The van der Waals surface area contributed by atoms with Crippen LogP contribution in [0.25, 0.3) is 0 Å². The van der Waals surface area contributed by atoms with Crippen LogP contribution in [0.2, 0.25) is 0 Å². The van der Waals surface area contributed by atoms with Gasteiger partial charge in [0.05, 0.1) is 11.5 Å². The molecule has 0 bridgehead atoms. The van der Waals surface area contributed by atoms with Gasteiger partial charge < -0.3 is 14.7 Å². The van der Waals surface area contributed by atoms with Crippen LogP contribution in [0.15, 0.2) is 27.2 Å². The summed E-state index contributed by atoms with van der Waals surface area (Å²) in [6.07, 6.45) is 0. The molecule has 9 heteroatoms. The molecule has 1 aromatic carbocycles. The highest BCUT2D eigenvalue weighted by Gasteiger charge is 2.15. The van der Waals surface area contributed by atoms with Gasteiger partial charge in [-0.2, -0.15) is 4.98 Å². The normalized spacial score (nSPS) is 10.3. The third kappa shape index (κ3) is 3.23. The Hall–Kier alpha value is -2.16. The third-order valence-electron chi connectivity index (χ3n) is 2.44. The number of aromatic nitrogens is 2. The van der Waals surface area contributed by atoms with Crippen molar-refractivity contribution in [1.29, 1.82) is 0 Å². The minimum absolute atomic E-state index is 0.0216. The van der Waals surface area contributed by atoms with Crippen molar-refractivity contribution >= 4 is 33.3 Å². The van der Waals surface area contributed by atoms with Gasteiger partial charge in [-0.1, -0.05) is 15.9 Å². The van der Waals surface area contributed by atoms with E-state index >= 15 is 0 Å². The van der Waals surface area contributed by atoms with Crippen LogP contribution in [0, 0.1) is 10.1 Å². The van der Waals surface area contributed by atoms with Gasteiger partial charge in [0.15, 0.2) is 0 Å². The van der Waals surface area contributed by atoms with Crippen LogP contribution in [0.5, 0.6) is 0 Å². The molecule has 0 unspecified atom stereocenters. The van der Waals surface area contributed by atoms with E-state index in [9.17, 15) is 10.1 Å². The van der Waals surface area contributed by atoms with E-state index in [1.54, 1.807) is 31.1 Å². The largest absolute Gasteiger partial charge is 0.371 e. The molecule has 0 fully saturated rings. The van der Waals surface area contributed by atoms with Crippen LogP contribution < -0.4 is 10.2 Å². The maximum Gasteiger partial charge on any atom is 0.293 e. The zero-order valence-electron chi connectivity index (χ0n) is 10.8. The Morgan fingerprint density at radius 3 is 2.85 bits per heavy atom. The van der Waals surface area contributed by atoms with Crippen molar-refractivity contribution < 1.29 is 9.45 Å². The SMILES string of the molecule is CN(C)c1noc(CNc2ccc(Br)cc2[N+](=O)[O-])n1. The Balaban J connectivity index is 2.12. The molecule has 1 heterocycles. The fraction of sp³-hybridized carbons (Fsp3) is 0.273. The topological polar surface area (TPSA) is 97.3 Å². The second-order valence-electron chi connectivity index (χ2n) is 4.15. The van der Waals surface area contributed by atoms with Crippen molar-refractivity contribution in [1.82, 2.24) is 10.1 Å². The van der Waals surface area contributed by atoms with Gasteiger partial charge >= 0.3 is 0 Å². The fourth-order valence-electron chi connectivity index (χ4n) is 1.48. The summed E-state index contributed by atoms with van der Waals surface area (Å²) in [5.41, 5.74) is 0.370. The maximum atomic E-state index is 11.0. The smallest absolute Gasteiger partial charge is 0.293 e. The first kappa shape index (κ1) is 14.3. The Labute approximate surface area is 123 Å². The van der Waals surface area contributed by atoms with Gasteiger partial charge in [0.2, 0.25) is 5.89 Å². The van der Waals surface area contributed by atoms with E-state index in [4.69, 9.17) is 4.52 Å². The number of nitro benzene ring substituents is 1. The number of halogens is 1. The maximum absolute atomic E-state index is 11.0. The van der Waals surface area contributed by atoms with Crippen molar-refractivity contribution in [3.05, 3.63) is 38.7 Å². The first-order chi connectivity index (χ1) is 9.47. The zero-order valence-corrected chi connectivity index (χ0v) is 12.4.